The summed E-state index contributed by atoms with van der Waals surface area (Å²) in [5.41, 5.74) is -0.195. The van der Waals surface area contributed by atoms with Gasteiger partial charge in [-0.3, -0.25) is 0 Å². The van der Waals surface area contributed by atoms with E-state index in [0.29, 0.717) is 6.54 Å². The van der Waals surface area contributed by atoms with Gasteiger partial charge in [-0.2, -0.15) is 0 Å². The van der Waals surface area contributed by atoms with Crippen LogP contribution in [0.15, 0.2) is 24.3 Å². The van der Waals surface area contributed by atoms with Crippen LogP contribution in [0.5, 0.6) is 0 Å². The third kappa shape index (κ3) is 3.62. The van der Waals surface area contributed by atoms with Gasteiger partial charge in [0.25, 0.3) is 0 Å². The van der Waals surface area contributed by atoms with Gasteiger partial charge in [0, 0.05) is 10.1 Å². The van der Waals surface area contributed by atoms with Crippen molar-refractivity contribution in [3.63, 3.8) is 0 Å². The zero-order valence-electron chi connectivity index (χ0n) is 11.1. The smallest absolute Gasteiger partial charge is 0.329 e. The molecule has 1 fully saturated rings. The molecule has 1 unspecified atom stereocenters. The number of rotatable bonds is 5. The first-order valence-electron chi connectivity index (χ1n) is 6.45. The lowest BCUT2D eigenvalue weighted by Crippen LogP contribution is -2.56. The molecule has 0 heterocycles. The summed E-state index contributed by atoms with van der Waals surface area (Å²) in [5.74, 6) is -0.950. The van der Waals surface area contributed by atoms with E-state index in [9.17, 15) is 14.7 Å². The fourth-order valence-corrected chi connectivity index (χ4v) is 2.42. The minimum Gasteiger partial charge on any atom is -0.480 e. The summed E-state index contributed by atoms with van der Waals surface area (Å²) < 4.78 is 1.13. The van der Waals surface area contributed by atoms with Crippen molar-refractivity contribution >= 4 is 34.6 Å². The van der Waals surface area contributed by atoms with Crippen molar-refractivity contribution in [2.45, 2.75) is 31.8 Å². The summed E-state index contributed by atoms with van der Waals surface area (Å²) in [7, 11) is 0. The van der Waals surface area contributed by atoms with Gasteiger partial charge in [0.05, 0.1) is 0 Å². The standard InChI is InChI=1S/C14H17IN2O3/c1-14(12(18)19,10-4-5-10)17-13(20)16-8-9-2-6-11(15)7-3-9/h2-3,6-7,10H,4-5,8H2,1H3,(H,18,19)(H2,16,17,20). The van der Waals surface area contributed by atoms with Crippen LogP contribution in [0, 0.1) is 9.49 Å². The highest BCUT2D eigenvalue weighted by molar-refractivity contribution is 14.1. The second kappa shape index (κ2) is 5.99. The maximum atomic E-state index is 11.8. The fourth-order valence-electron chi connectivity index (χ4n) is 2.06. The van der Waals surface area contributed by atoms with Crippen molar-refractivity contribution in [2.75, 3.05) is 0 Å². The van der Waals surface area contributed by atoms with Crippen LogP contribution >= 0.6 is 22.6 Å². The normalized spacial score (nSPS) is 17.1. The molecule has 5 nitrogen and oxygen atoms in total. The second-order valence-electron chi connectivity index (χ2n) is 5.22. The predicted molar refractivity (Wildman–Crippen MR) is 83.3 cm³/mol. The highest BCUT2D eigenvalue weighted by atomic mass is 127. The van der Waals surface area contributed by atoms with Crippen molar-refractivity contribution in [3.05, 3.63) is 33.4 Å². The van der Waals surface area contributed by atoms with Crippen LogP contribution in [0.2, 0.25) is 0 Å². The van der Waals surface area contributed by atoms with E-state index in [2.05, 4.69) is 33.2 Å². The first-order valence-corrected chi connectivity index (χ1v) is 7.53. The molecule has 0 radical (unpaired) electrons. The molecule has 1 aromatic rings. The molecule has 1 atom stereocenters. The summed E-state index contributed by atoms with van der Waals surface area (Å²) in [6.45, 7) is 1.95. The van der Waals surface area contributed by atoms with Gasteiger partial charge in [-0.15, -0.1) is 0 Å². The van der Waals surface area contributed by atoms with Gasteiger partial charge in [-0.1, -0.05) is 12.1 Å². The molecule has 0 aromatic heterocycles. The van der Waals surface area contributed by atoms with Crippen LogP contribution in [-0.2, 0) is 11.3 Å². The Morgan fingerprint density at radius 3 is 2.45 bits per heavy atom. The van der Waals surface area contributed by atoms with Crippen LogP contribution in [-0.4, -0.2) is 22.6 Å². The number of aliphatic carboxylic acids is 1. The van der Waals surface area contributed by atoms with Gasteiger partial charge >= 0.3 is 12.0 Å². The molecule has 108 valence electrons. The molecule has 2 rings (SSSR count). The van der Waals surface area contributed by atoms with Crippen LogP contribution in [0.1, 0.15) is 25.3 Å². The van der Waals surface area contributed by atoms with E-state index >= 15 is 0 Å². The first kappa shape index (κ1) is 15.1. The molecule has 6 heteroatoms. The largest absolute Gasteiger partial charge is 0.480 e. The Morgan fingerprint density at radius 2 is 1.95 bits per heavy atom. The van der Waals surface area contributed by atoms with Gasteiger partial charge in [-0.05, 0) is 66.0 Å². The lowest BCUT2D eigenvalue weighted by Gasteiger charge is -2.26. The van der Waals surface area contributed by atoms with Crippen LogP contribution < -0.4 is 10.6 Å². The van der Waals surface area contributed by atoms with Crippen molar-refractivity contribution in [3.8, 4) is 0 Å². The Morgan fingerprint density at radius 1 is 1.35 bits per heavy atom. The molecule has 0 saturated heterocycles. The lowest BCUT2D eigenvalue weighted by atomic mass is 9.96. The van der Waals surface area contributed by atoms with E-state index in [4.69, 9.17) is 0 Å². The number of halogens is 1. The van der Waals surface area contributed by atoms with Gasteiger partial charge < -0.3 is 15.7 Å². The Balaban J connectivity index is 1.88. The number of benzene rings is 1. The molecule has 1 saturated carbocycles. The number of hydrogen-bond donors (Lipinski definition) is 3. The lowest BCUT2D eigenvalue weighted by molar-refractivity contribution is -0.144. The zero-order chi connectivity index (χ0) is 14.8. The molecule has 0 spiro atoms. The molecule has 3 N–H and O–H groups in total. The number of carboxylic acid groups (broad SMARTS) is 1. The fraction of sp³-hybridized carbons (Fsp3) is 0.429. The number of urea groups is 1. The Labute approximate surface area is 131 Å². The van der Waals surface area contributed by atoms with Crippen molar-refractivity contribution < 1.29 is 14.7 Å². The summed E-state index contributed by atoms with van der Waals surface area (Å²) in [4.78, 5) is 23.2. The van der Waals surface area contributed by atoms with E-state index in [1.807, 2.05) is 24.3 Å². The molecule has 1 aliphatic carbocycles. The molecule has 2 amide bonds. The third-order valence-corrected chi connectivity index (χ3v) is 4.30. The number of carboxylic acids is 1. The second-order valence-corrected chi connectivity index (χ2v) is 6.46. The summed E-state index contributed by atoms with van der Waals surface area (Å²) in [5, 5.41) is 14.5. The number of nitrogens with one attached hydrogen (secondary N) is 2. The van der Waals surface area contributed by atoms with E-state index in [1.165, 1.54) is 0 Å². The highest BCUT2D eigenvalue weighted by Crippen LogP contribution is 2.39. The SMILES string of the molecule is CC(NC(=O)NCc1ccc(I)cc1)(C(=O)O)C1CC1. The Hall–Kier alpha value is -1.31. The van der Waals surface area contributed by atoms with E-state index in [0.717, 1.165) is 22.0 Å². The number of hydrogen-bond acceptors (Lipinski definition) is 2. The van der Waals surface area contributed by atoms with Crippen LogP contribution in [0.4, 0.5) is 4.79 Å². The van der Waals surface area contributed by atoms with Crippen LogP contribution in [0.25, 0.3) is 0 Å². The third-order valence-electron chi connectivity index (χ3n) is 3.58. The van der Waals surface area contributed by atoms with Gasteiger partial charge in [0.15, 0.2) is 0 Å². The summed E-state index contributed by atoms with van der Waals surface area (Å²) in [6, 6.07) is 7.33. The van der Waals surface area contributed by atoms with Crippen molar-refractivity contribution in [1.29, 1.82) is 0 Å². The molecule has 20 heavy (non-hydrogen) atoms. The number of carbonyl (C=O) groups excluding carboxylic acids is 1. The monoisotopic (exact) mass is 388 g/mol. The Kier molecular flexibility index (Phi) is 4.52. The average Bonchev–Trinajstić information content (AvgIpc) is 3.22. The average molecular weight is 388 g/mol. The van der Waals surface area contributed by atoms with Gasteiger partial charge in [0.1, 0.15) is 5.54 Å². The molecular formula is C14H17IN2O3. The summed E-state index contributed by atoms with van der Waals surface area (Å²) >= 11 is 2.21. The molecule has 0 aliphatic heterocycles. The molecular weight excluding hydrogens is 371 g/mol. The number of amides is 2. The highest BCUT2D eigenvalue weighted by Gasteiger charge is 2.48. The van der Waals surface area contributed by atoms with Crippen molar-refractivity contribution in [2.24, 2.45) is 5.92 Å². The molecule has 1 aromatic carbocycles. The molecule has 1 aliphatic rings. The van der Waals surface area contributed by atoms with Gasteiger partial charge in [0.2, 0.25) is 0 Å². The Bertz CT molecular complexity index is 514. The number of carbonyl (C=O) groups is 2. The first-order chi connectivity index (χ1) is 9.41. The molecule has 0 bridgehead atoms. The minimum absolute atomic E-state index is 0.0315. The van der Waals surface area contributed by atoms with E-state index < -0.39 is 17.5 Å². The van der Waals surface area contributed by atoms with Crippen LogP contribution in [0.3, 0.4) is 0 Å². The maximum Gasteiger partial charge on any atom is 0.329 e. The summed E-state index contributed by atoms with van der Waals surface area (Å²) in [6.07, 6.45) is 1.69. The maximum absolute atomic E-state index is 11.8. The zero-order valence-corrected chi connectivity index (χ0v) is 13.3. The van der Waals surface area contributed by atoms with E-state index in [1.54, 1.807) is 6.92 Å². The minimum atomic E-state index is -1.17. The topological polar surface area (TPSA) is 78.4 Å². The predicted octanol–water partition coefficient (Wildman–Crippen LogP) is 2.34. The quantitative estimate of drug-likeness (QED) is 0.678. The van der Waals surface area contributed by atoms with Crippen molar-refractivity contribution in [1.82, 2.24) is 10.6 Å². The van der Waals surface area contributed by atoms with Gasteiger partial charge in [-0.25, -0.2) is 9.59 Å². The van der Waals surface area contributed by atoms with E-state index in [-0.39, 0.29) is 5.92 Å².